The second kappa shape index (κ2) is 6.14. The number of halogens is 1. The molecule has 0 aliphatic carbocycles. The van der Waals surface area contributed by atoms with Crippen LogP contribution < -0.4 is 10.9 Å². The fourth-order valence-corrected chi connectivity index (χ4v) is 2.71. The topological polar surface area (TPSA) is 46.9 Å². The lowest BCUT2D eigenvalue weighted by molar-refractivity contribution is 0.589. The maximum absolute atomic E-state index is 13.0. The van der Waals surface area contributed by atoms with Crippen LogP contribution in [0.25, 0.3) is 16.6 Å². The molecule has 23 heavy (non-hydrogen) atoms. The maximum Gasteiger partial charge on any atom is 0.266 e. The van der Waals surface area contributed by atoms with Gasteiger partial charge in [0.1, 0.15) is 5.82 Å². The molecule has 1 aromatic heterocycles. The quantitative estimate of drug-likeness (QED) is 0.799. The molecule has 0 saturated carbocycles. The van der Waals surface area contributed by atoms with Gasteiger partial charge in [0.15, 0.2) is 0 Å². The first-order valence-electron chi connectivity index (χ1n) is 7.48. The summed E-state index contributed by atoms with van der Waals surface area (Å²) >= 11 is 6.05. The Morgan fingerprint density at radius 2 is 1.87 bits per heavy atom. The third-order valence-electron chi connectivity index (χ3n) is 3.97. The second-order valence-corrected chi connectivity index (χ2v) is 6.05. The smallest absolute Gasteiger partial charge is 0.266 e. The molecule has 0 amide bonds. The summed E-state index contributed by atoms with van der Waals surface area (Å²) in [6.45, 7) is 3.99. The van der Waals surface area contributed by atoms with Gasteiger partial charge in [0, 0.05) is 5.02 Å². The van der Waals surface area contributed by atoms with Gasteiger partial charge in [0.2, 0.25) is 0 Å². The summed E-state index contributed by atoms with van der Waals surface area (Å²) < 4.78 is 1.66. The van der Waals surface area contributed by atoms with E-state index in [1.54, 1.807) is 22.8 Å². The maximum atomic E-state index is 13.0. The molecule has 0 fully saturated rings. The SMILES string of the molecule is CNC(C)c1nc2cc(Cl)ccc2c(=O)n1-c1ccc(C)cc1. The molecule has 0 saturated heterocycles. The lowest BCUT2D eigenvalue weighted by atomic mass is 10.2. The summed E-state index contributed by atoms with van der Waals surface area (Å²) in [5.41, 5.74) is 2.48. The predicted octanol–water partition coefficient (Wildman–Crippen LogP) is 3.63. The first kappa shape index (κ1) is 15.7. The number of benzene rings is 2. The molecule has 1 N–H and O–H groups in total. The van der Waals surface area contributed by atoms with E-state index in [0.29, 0.717) is 21.7 Å². The van der Waals surface area contributed by atoms with E-state index in [1.165, 1.54) is 0 Å². The van der Waals surface area contributed by atoms with Crippen molar-refractivity contribution in [2.24, 2.45) is 0 Å². The van der Waals surface area contributed by atoms with Crippen molar-refractivity contribution >= 4 is 22.5 Å². The molecule has 2 aromatic carbocycles. The Hall–Kier alpha value is -2.17. The van der Waals surface area contributed by atoms with Gasteiger partial charge in [0.05, 0.1) is 22.6 Å². The highest BCUT2D eigenvalue weighted by molar-refractivity contribution is 6.31. The number of hydrogen-bond donors (Lipinski definition) is 1. The molecule has 3 rings (SSSR count). The summed E-state index contributed by atoms with van der Waals surface area (Å²) in [7, 11) is 1.85. The Morgan fingerprint density at radius 1 is 1.17 bits per heavy atom. The van der Waals surface area contributed by atoms with Gasteiger partial charge in [-0.3, -0.25) is 9.36 Å². The van der Waals surface area contributed by atoms with E-state index in [4.69, 9.17) is 11.6 Å². The van der Waals surface area contributed by atoms with Gasteiger partial charge in [-0.1, -0.05) is 29.3 Å². The monoisotopic (exact) mass is 327 g/mol. The van der Waals surface area contributed by atoms with Crippen LogP contribution in [0.3, 0.4) is 0 Å². The van der Waals surface area contributed by atoms with Crippen molar-refractivity contribution in [1.82, 2.24) is 14.9 Å². The molecule has 5 heteroatoms. The average Bonchev–Trinajstić information content (AvgIpc) is 2.54. The van der Waals surface area contributed by atoms with Gasteiger partial charge >= 0.3 is 0 Å². The summed E-state index contributed by atoms with van der Waals surface area (Å²) in [4.78, 5) is 17.7. The van der Waals surface area contributed by atoms with Gasteiger partial charge in [0.25, 0.3) is 5.56 Å². The highest BCUT2D eigenvalue weighted by Gasteiger charge is 2.17. The number of aromatic nitrogens is 2. The third-order valence-corrected chi connectivity index (χ3v) is 4.20. The molecule has 1 unspecified atom stereocenters. The van der Waals surface area contributed by atoms with Crippen LogP contribution in [0.4, 0.5) is 0 Å². The highest BCUT2D eigenvalue weighted by Crippen LogP contribution is 2.20. The second-order valence-electron chi connectivity index (χ2n) is 5.62. The number of aryl methyl sites for hydroxylation is 1. The molecule has 0 radical (unpaired) electrons. The fraction of sp³-hybridized carbons (Fsp3) is 0.222. The van der Waals surface area contributed by atoms with Gasteiger partial charge in [-0.15, -0.1) is 0 Å². The number of fused-ring (bicyclic) bond motifs is 1. The van der Waals surface area contributed by atoms with Crippen molar-refractivity contribution in [1.29, 1.82) is 0 Å². The fourth-order valence-electron chi connectivity index (χ4n) is 2.54. The molecule has 0 bridgehead atoms. The first-order valence-corrected chi connectivity index (χ1v) is 7.85. The molecule has 118 valence electrons. The van der Waals surface area contributed by atoms with Crippen LogP contribution >= 0.6 is 11.6 Å². The van der Waals surface area contributed by atoms with E-state index < -0.39 is 0 Å². The summed E-state index contributed by atoms with van der Waals surface area (Å²) in [5, 5.41) is 4.28. The Balaban J connectivity index is 2.38. The standard InChI is InChI=1S/C18H18ClN3O/c1-11-4-7-14(8-5-11)22-17(12(2)20-3)21-16-10-13(19)6-9-15(16)18(22)23/h4-10,12,20H,1-3H3. The molecule has 1 atom stereocenters. The minimum Gasteiger partial charge on any atom is -0.311 e. The molecule has 0 aliphatic heterocycles. The van der Waals surface area contributed by atoms with Crippen LogP contribution in [0.15, 0.2) is 47.3 Å². The van der Waals surface area contributed by atoms with E-state index in [1.807, 2.05) is 45.2 Å². The van der Waals surface area contributed by atoms with Crippen molar-refractivity contribution in [2.45, 2.75) is 19.9 Å². The van der Waals surface area contributed by atoms with Gasteiger partial charge < -0.3 is 5.32 Å². The van der Waals surface area contributed by atoms with E-state index >= 15 is 0 Å². The Morgan fingerprint density at radius 3 is 2.52 bits per heavy atom. The summed E-state index contributed by atoms with van der Waals surface area (Å²) in [5.74, 6) is 0.663. The van der Waals surface area contributed by atoms with Crippen molar-refractivity contribution < 1.29 is 0 Å². The molecular weight excluding hydrogens is 310 g/mol. The lowest BCUT2D eigenvalue weighted by Gasteiger charge is -2.18. The first-order chi connectivity index (χ1) is 11.0. The van der Waals surface area contributed by atoms with Crippen LogP contribution in [0.2, 0.25) is 5.02 Å². The van der Waals surface area contributed by atoms with Crippen LogP contribution in [0, 0.1) is 6.92 Å². The van der Waals surface area contributed by atoms with Gasteiger partial charge in [-0.05, 0) is 51.2 Å². The molecular formula is C18H18ClN3O. The molecule has 0 aliphatic rings. The van der Waals surface area contributed by atoms with Gasteiger partial charge in [-0.2, -0.15) is 0 Å². The number of rotatable bonds is 3. The zero-order chi connectivity index (χ0) is 16.6. The minimum absolute atomic E-state index is 0.0765. The zero-order valence-corrected chi connectivity index (χ0v) is 14.1. The lowest BCUT2D eigenvalue weighted by Crippen LogP contribution is -2.28. The Kier molecular flexibility index (Phi) is 4.20. The van der Waals surface area contributed by atoms with E-state index in [9.17, 15) is 4.79 Å². The predicted molar refractivity (Wildman–Crippen MR) is 94.6 cm³/mol. The summed E-state index contributed by atoms with van der Waals surface area (Å²) in [6.07, 6.45) is 0. The highest BCUT2D eigenvalue weighted by atomic mass is 35.5. The van der Waals surface area contributed by atoms with Crippen molar-refractivity contribution in [3.05, 3.63) is 69.2 Å². The Bertz CT molecular complexity index is 916. The molecule has 1 heterocycles. The summed E-state index contributed by atoms with van der Waals surface area (Å²) in [6, 6.07) is 12.9. The molecule has 4 nitrogen and oxygen atoms in total. The Labute approximate surface area is 139 Å². The van der Waals surface area contributed by atoms with Crippen molar-refractivity contribution in [3.8, 4) is 5.69 Å². The van der Waals surface area contributed by atoms with Crippen LogP contribution in [0.1, 0.15) is 24.4 Å². The van der Waals surface area contributed by atoms with Crippen LogP contribution in [-0.2, 0) is 0 Å². The number of nitrogens with one attached hydrogen (secondary N) is 1. The van der Waals surface area contributed by atoms with Crippen molar-refractivity contribution in [2.75, 3.05) is 7.05 Å². The zero-order valence-electron chi connectivity index (χ0n) is 13.3. The van der Waals surface area contributed by atoms with Crippen molar-refractivity contribution in [3.63, 3.8) is 0 Å². The average molecular weight is 328 g/mol. The molecule has 3 aromatic rings. The minimum atomic E-state index is -0.0902. The van der Waals surface area contributed by atoms with Crippen LogP contribution in [-0.4, -0.2) is 16.6 Å². The number of hydrogen-bond acceptors (Lipinski definition) is 3. The van der Waals surface area contributed by atoms with E-state index in [0.717, 1.165) is 11.3 Å². The normalized spacial score (nSPS) is 12.5. The molecule has 0 spiro atoms. The van der Waals surface area contributed by atoms with E-state index in [-0.39, 0.29) is 11.6 Å². The van der Waals surface area contributed by atoms with Crippen LogP contribution in [0.5, 0.6) is 0 Å². The number of nitrogens with zero attached hydrogens (tertiary/aromatic N) is 2. The van der Waals surface area contributed by atoms with E-state index in [2.05, 4.69) is 10.3 Å². The third kappa shape index (κ3) is 2.87. The van der Waals surface area contributed by atoms with Gasteiger partial charge in [-0.25, -0.2) is 4.98 Å². The largest absolute Gasteiger partial charge is 0.311 e.